The highest BCUT2D eigenvalue weighted by Crippen LogP contribution is 2.46. The first-order valence-corrected chi connectivity index (χ1v) is 20.6. The quantitative estimate of drug-likeness (QED) is 0.0658. The zero-order valence-electron chi connectivity index (χ0n) is 36.3. The molecule has 10 nitrogen and oxygen atoms in total. The molecule has 350 valence electrons. The van der Waals surface area contributed by atoms with Crippen molar-refractivity contribution in [2.45, 2.75) is 85.0 Å². The summed E-state index contributed by atoms with van der Waals surface area (Å²) in [7, 11) is 0. The standard InChI is InChI=1S/C23H19Cl2F3N2O3.C13H17NO3.C10H4Cl2F3N/c1-11-7-12(5-6-14(11)21(31)32-22(2,3)4)19-18(23(26,27)28)20(33-30-19)13-8-16(24)15(10-29)17(25)9-13;1-9-7-10(8-14-16)5-6-11(9)12(15)17-13(2,3)4;1-5(10(13,14)15)6-2-8(11)7(4-16)9(12)3-6/h5-9,18,20H,1-4H3;5-8,16H,1-4H3;2-3H,1H2/b;14-8+;. The first kappa shape index (κ1) is 54.6. The molecule has 0 bridgehead atoms. The van der Waals surface area contributed by atoms with Crippen LogP contribution in [-0.4, -0.2) is 52.6 Å². The number of benzene rings is 4. The van der Waals surface area contributed by atoms with E-state index in [-0.39, 0.29) is 65.2 Å². The van der Waals surface area contributed by atoms with Crippen molar-refractivity contribution in [2.75, 3.05) is 0 Å². The van der Waals surface area contributed by atoms with Gasteiger partial charge < -0.3 is 19.5 Å². The third-order valence-corrected chi connectivity index (χ3v) is 9.97. The van der Waals surface area contributed by atoms with Gasteiger partial charge in [-0.3, -0.25) is 0 Å². The molecular weight excluding hydrogens is 960 g/mol. The van der Waals surface area contributed by atoms with Crippen LogP contribution in [0.2, 0.25) is 20.1 Å². The van der Waals surface area contributed by atoms with Crippen molar-refractivity contribution in [1.82, 2.24) is 0 Å². The average molecular weight is 1000 g/mol. The molecule has 0 saturated heterocycles. The zero-order valence-corrected chi connectivity index (χ0v) is 39.3. The Morgan fingerprint density at radius 1 is 0.758 bits per heavy atom. The number of ether oxygens (including phenoxy) is 2. The zero-order chi connectivity index (χ0) is 50.3. The molecule has 2 unspecified atom stereocenters. The number of hydrogen-bond donors (Lipinski definition) is 1. The number of rotatable bonds is 6. The van der Waals surface area contributed by atoms with Crippen molar-refractivity contribution in [2.24, 2.45) is 16.2 Å². The van der Waals surface area contributed by atoms with E-state index in [0.29, 0.717) is 11.1 Å². The Bertz CT molecular complexity index is 2610. The molecule has 66 heavy (non-hydrogen) atoms. The molecule has 1 N–H and O–H groups in total. The molecule has 0 amide bonds. The van der Waals surface area contributed by atoms with E-state index in [1.807, 2.05) is 27.7 Å². The lowest BCUT2D eigenvalue weighted by molar-refractivity contribution is -0.177. The summed E-state index contributed by atoms with van der Waals surface area (Å²) in [5.74, 6) is -3.05. The number of nitrogens with zero attached hydrogens (tertiary/aromatic N) is 4. The molecule has 5 rings (SSSR count). The second kappa shape index (κ2) is 21.7. The first-order valence-electron chi connectivity index (χ1n) is 19.0. The Morgan fingerprint density at radius 2 is 1.20 bits per heavy atom. The molecule has 2 atom stereocenters. The number of carbonyl (C=O) groups is 2. The molecule has 0 radical (unpaired) electrons. The van der Waals surface area contributed by atoms with Gasteiger partial charge in [0.25, 0.3) is 0 Å². The van der Waals surface area contributed by atoms with Crippen molar-refractivity contribution in [1.29, 1.82) is 10.5 Å². The van der Waals surface area contributed by atoms with Crippen molar-refractivity contribution in [3.05, 3.63) is 143 Å². The summed E-state index contributed by atoms with van der Waals surface area (Å²) >= 11 is 23.3. The smallest absolute Gasteiger partial charge is 0.416 e. The maximum atomic E-state index is 14.1. The molecule has 4 aromatic rings. The van der Waals surface area contributed by atoms with Crippen molar-refractivity contribution in [3.8, 4) is 12.1 Å². The molecule has 0 aromatic heterocycles. The molecule has 0 aliphatic carbocycles. The van der Waals surface area contributed by atoms with Crippen molar-refractivity contribution < 1.29 is 55.5 Å². The van der Waals surface area contributed by atoms with Crippen LogP contribution >= 0.6 is 46.4 Å². The molecule has 1 aliphatic heterocycles. The molecule has 0 fully saturated rings. The summed E-state index contributed by atoms with van der Waals surface area (Å²) in [5.41, 5.74) is -0.0762. The van der Waals surface area contributed by atoms with Gasteiger partial charge in [0.1, 0.15) is 35.0 Å². The largest absolute Gasteiger partial charge is 0.456 e. The summed E-state index contributed by atoms with van der Waals surface area (Å²) in [4.78, 5) is 29.4. The van der Waals surface area contributed by atoms with Crippen LogP contribution in [0.3, 0.4) is 0 Å². The Morgan fingerprint density at radius 3 is 1.58 bits per heavy atom. The van der Waals surface area contributed by atoms with Crippen molar-refractivity contribution in [3.63, 3.8) is 0 Å². The molecule has 20 heteroatoms. The molecule has 0 saturated carbocycles. The van der Waals surface area contributed by atoms with Gasteiger partial charge in [-0.05, 0) is 132 Å². The van der Waals surface area contributed by atoms with Gasteiger partial charge in [0, 0.05) is 5.56 Å². The number of nitriles is 2. The number of oxime groups is 2. The van der Waals surface area contributed by atoms with Crippen LogP contribution in [0.5, 0.6) is 0 Å². The summed E-state index contributed by atoms with van der Waals surface area (Å²) in [6, 6.07) is 17.3. The van der Waals surface area contributed by atoms with Gasteiger partial charge in [0.2, 0.25) is 0 Å². The van der Waals surface area contributed by atoms with E-state index in [4.69, 9.17) is 76.4 Å². The number of aryl methyl sites for hydroxylation is 2. The van der Waals surface area contributed by atoms with E-state index in [0.717, 1.165) is 23.3 Å². The van der Waals surface area contributed by atoms with E-state index < -0.39 is 47.1 Å². The van der Waals surface area contributed by atoms with Gasteiger partial charge in [0.15, 0.2) is 6.10 Å². The molecular formula is C46H40Cl4F6N4O6. The van der Waals surface area contributed by atoms with E-state index in [2.05, 4.69) is 16.9 Å². The fraction of sp³-hybridized carbons (Fsp3) is 0.304. The Hall–Kier alpha value is -5.78. The van der Waals surface area contributed by atoms with Gasteiger partial charge in [-0.15, -0.1) is 0 Å². The molecule has 1 aliphatic rings. The highest BCUT2D eigenvalue weighted by Gasteiger charge is 2.54. The maximum Gasteiger partial charge on any atom is 0.416 e. The second-order valence-corrected chi connectivity index (χ2v) is 17.9. The highest BCUT2D eigenvalue weighted by molar-refractivity contribution is 6.37. The second-order valence-electron chi connectivity index (χ2n) is 16.2. The fourth-order valence-corrected chi connectivity index (χ4v) is 7.01. The SMILES string of the molecule is C=C(c1cc(Cl)c(C#N)c(Cl)c1)C(F)(F)F.Cc1cc(/C=N/O)ccc1C(=O)OC(C)(C)C.Cc1cc(C2=NOC(c3cc(Cl)c(C#N)c(Cl)c3)C2C(F)(F)F)ccc1C(=O)OC(C)(C)C. The van der Waals surface area contributed by atoms with Crippen LogP contribution < -0.4 is 0 Å². The van der Waals surface area contributed by atoms with Gasteiger partial charge in [-0.25, -0.2) is 9.59 Å². The predicted octanol–water partition coefficient (Wildman–Crippen LogP) is 14.0. The van der Waals surface area contributed by atoms with E-state index in [1.165, 1.54) is 36.5 Å². The first-order chi connectivity index (χ1) is 30.3. The van der Waals surface area contributed by atoms with Crippen LogP contribution in [0.25, 0.3) is 5.57 Å². The molecule has 4 aromatic carbocycles. The van der Waals surface area contributed by atoms with Crippen LogP contribution in [0.15, 0.2) is 77.6 Å². The number of carbonyl (C=O) groups excluding carboxylic acids is 2. The Balaban J connectivity index is 0.000000294. The number of hydrogen-bond acceptors (Lipinski definition) is 10. The van der Waals surface area contributed by atoms with Crippen LogP contribution in [0, 0.1) is 42.4 Å². The monoisotopic (exact) mass is 998 g/mol. The minimum atomic E-state index is -4.72. The van der Waals surface area contributed by atoms with Crippen LogP contribution in [0.1, 0.15) is 113 Å². The number of halogens is 10. The molecule has 1 heterocycles. The van der Waals surface area contributed by atoms with E-state index in [1.54, 1.807) is 58.0 Å². The van der Waals surface area contributed by atoms with Gasteiger partial charge in [-0.1, -0.05) is 75.4 Å². The van der Waals surface area contributed by atoms with Crippen LogP contribution in [0.4, 0.5) is 26.3 Å². The number of esters is 2. The average Bonchev–Trinajstić information content (AvgIpc) is 3.63. The van der Waals surface area contributed by atoms with E-state index >= 15 is 0 Å². The van der Waals surface area contributed by atoms with Crippen molar-refractivity contribution >= 4 is 75.8 Å². The Kier molecular flexibility index (Phi) is 17.9. The summed E-state index contributed by atoms with van der Waals surface area (Å²) in [5, 5.41) is 32.4. The normalized spacial score (nSPS) is 14.9. The summed E-state index contributed by atoms with van der Waals surface area (Å²) < 4.78 is 90.0. The maximum absolute atomic E-state index is 14.1. The lowest BCUT2D eigenvalue weighted by Crippen LogP contribution is -2.33. The van der Waals surface area contributed by atoms with Crippen LogP contribution in [-0.2, 0) is 14.3 Å². The van der Waals surface area contributed by atoms with Gasteiger partial charge >= 0.3 is 24.3 Å². The lowest BCUT2D eigenvalue weighted by Gasteiger charge is -2.23. The minimum absolute atomic E-state index is 0.0344. The molecule has 0 spiro atoms. The van der Waals surface area contributed by atoms with Gasteiger partial charge in [0.05, 0.1) is 54.1 Å². The summed E-state index contributed by atoms with van der Waals surface area (Å²) in [6.45, 7) is 16.9. The van der Waals surface area contributed by atoms with E-state index in [9.17, 15) is 35.9 Å². The number of allylic oxidation sites excluding steroid dienone is 1. The Labute approximate surface area is 396 Å². The topological polar surface area (TPSA) is 154 Å². The van der Waals surface area contributed by atoms with Gasteiger partial charge in [-0.2, -0.15) is 36.9 Å². The third kappa shape index (κ3) is 14.6. The number of alkyl halides is 6. The predicted molar refractivity (Wildman–Crippen MR) is 239 cm³/mol. The highest BCUT2D eigenvalue weighted by atomic mass is 35.5. The lowest BCUT2D eigenvalue weighted by atomic mass is 9.87. The summed E-state index contributed by atoms with van der Waals surface area (Å²) in [6.07, 6.45) is -9.51. The fourth-order valence-electron chi connectivity index (χ4n) is 5.85. The third-order valence-electron chi connectivity index (χ3n) is 8.78. The minimum Gasteiger partial charge on any atom is -0.456 e.